The Morgan fingerprint density at radius 2 is 1.80 bits per heavy atom. The highest BCUT2D eigenvalue weighted by molar-refractivity contribution is 5.73. The Labute approximate surface area is 269 Å². The third kappa shape index (κ3) is 7.36. The van der Waals surface area contributed by atoms with Gasteiger partial charge in [-0.25, -0.2) is 14.2 Å². The van der Waals surface area contributed by atoms with E-state index >= 15 is 0 Å². The van der Waals surface area contributed by atoms with Crippen LogP contribution >= 0.6 is 0 Å². The molecule has 2 unspecified atom stereocenters. The third-order valence-electron chi connectivity index (χ3n) is 8.47. The molecule has 6 rings (SSSR count). The summed E-state index contributed by atoms with van der Waals surface area (Å²) in [4.78, 5) is 34.4. The minimum absolute atomic E-state index is 0.0784. The third-order valence-corrected chi connectivity index (χ3v) is 8.47. The Morgan fingerprint density at radius 3 is 2.48 bits per heavy atom. The average Bonchev–Trinajstić information content (AvgIpc) is 3.72. The quantitative estimate of drug-likeness (QED) is 0.201. The number of anilines is 2. The number of fused-ring (bicyclic) bond motifs is 1. The number of benzene rings is 1. The fraction of sp³-hybridized carbons (Fsp3) is 0.514. The largest absolute Gasteiger partial charge is 0.474 e. The van der Waals surface area contributed by atoms with Crippen LogP contribution in [0.25, 0.3) is 0 Å². The Kier molecular flexibility index (Phi) is 11.3. The van der Waals surface area contributed by atoms with Crippen molar-refractivity contribution in [2.75, 3.05) is 23.4 Å². The molecule has 0 amide bonds. The number of halogens is 1. The molecular weight excluding hydrogens is 589 g/mol. The molecule has 0 radical (unpaired) electrons. The monoisotopic (exact) mass is 635 g/mol. The zero-order valence-electron chi connectivity index (χ0n) is 27.3. The van der Waals surface area contributed by atoms with Crippen LogP contribution in [-0.2, 0) is 29.1 Å². The van der Waals surface area contributed by atoms with E-state index in [1.54, 1.807) is 16.7 Å². The lowest BCUT2D eigenvalue weighted by Crippen LogP contribution is -2.42. The van der Waals surface area contributed by atoms with Crippen LogP contribution in [0.4, 0.5) is 15.9 Å². The van der Waals surface area contributed by atoms with Crippen LogP contribution < -0.4 is 26.2 Å². The summed E-state index contributed by atoms with van der Waals surface area (Å²) >= 11 is 0. The maximum absolute atomic E-state index is 14.1. The smallest absolute Gasteiger partial charge is 0.332 e. The molecule has 3 aromatic rings. The number of aromatic nitrogens is 3. The van der Waals surface area contributed by atoms with E-state index in [9.17, 15) is 14.0 Å². The van der Waals surface area contributed by atoms with Gasteiger partial charge in [0.05, 0.1) is 6.61 Å². The molecule has 46 heavy (non-hydrogen) atoms. The molecule has 2 aliphatic heterocycles. The van der Waals surface area contributed by atoms with E-state index in [4.69, 9.17) is 19.2 Å². The van der Waals surface area contributed by atoms with Crippen molar-refractivity contribution in [1.29, 1.82) is 0 Å². The molecule has 1 N–H and O–H groups in total. The van der Waals surface area contributed by atoms with Gasteiger partial charge in [0.25, 0.3) is 5.56 Å². The summed E-state index contributed by atoms with van der Waals surface area (Å²) in [6, 6.07) is 10.0. The molecule has 0 spiro atoms. The topological polar surface area (TPSA) is 99.9 Å². The summed E-state index contributed by atoms with van der Waals surface area (Å²) < 4.78 is 34.3. The van der Waals surface area contributed by atoms with Crippen molar-refractivity contribution in [2.45, 2.75) is 104 Å². The number of ether oxygens (including phenoxy) is 3. The Bertz CT molecular complexity index is 1610. The van der Waals surface area contributed by atoms with Gasteiger partial charge >= 0.3 is 5.69 Å². The summed E-state index contributed by atoms with van der Waals surface area (Å²) in [5.41, 5.74) is 2.07. The highest BCUT2D eigenvalue weighted by atomic mass is 19.1. The van der Waals surface area contributed by atoms with Gasteiger partial charge in [0, 0.05) is 56.4 Å². The minimum Gasteiger partial charge on any atom is -0.474 e. The second-order valence-electron chi connectivity index (χ2n) is 11.5. The number of aryl methyl sites for hydroxylation is 1. The number of pyridine rings is 1. The fourth-order valence-corrected chi connectivity index (χ4v) is 6.16. The molecule has 10 nitrogen and oxygen atoms in total. The van der Waals surface area contributed by atoms with Crippen LogP contribution in [0.5, 0.6) is 5.88 Å². The van der Waals surface area contributed by atoms with Gasteiger partial charge in [-0.1, -0.05) is 38.1 Å². The predicted octanol–water partition coefficient (Wildman–Crippen LogP) is 6.06. The number of hydrogen-bond donors (Lipinski definition) is 1. The van der Waals surface area contributed by atoms with Gasteiger partial charge < -0.3 is 24.4 Å². The van der Waals surface area contributed by atoms with Crippen molar-refractivity contribution in [2.24, 2.45) is 0 Å². The van der Waals surface area contributed by atoms with Crippen molar-refractivity contribution >= 4 is 11.5 Å². The van der Waals surface area contributed by atoms with E-state index < -0.39 is 6.17 Å². The van der Waals surface area contributed by atoms with Gasteiger partial charge in [-0.2, -0.15) is 0 Å². The van der Waals surface area contributed by atoms with Crippen LogP contribution in [-0.4, -0.2) is 39.7 Å². The van der Waals surface area contributed by atoms with E-state index in [0.29, 0.717) is 50.1 Å². The van der Waals surface area contributed by atoms with Gasteiger partial charge in [-0.3, -0.25) is 13.9 Å². The van der Waals surface area contributed by atoms with E-state index in [-0.39, 0.29) is 36.0 Å². The van der Waals surface area contributed by atoms with Crippen molar-refractivity contribution in [3.63, 3.8) is 0 Å². The number of nitrogens with one attached hydrogen (secondary N) is 1. The predicted molar refractivity (Wildman–Crippen MR) is 177 cm³/mol. The summed E-state index contributed by atoms with van der Waals surface area (Å²) in [5, 5.41) is 3.47. The van der Waals surface area contributed by atoms with Crippen LogP contribution in [0.1, 0.15) is 82.3 Å². The lowest BCUT2D eigenvalue weighted by molar-refractivity contribution is -0.163. The first-order chi connectivity index (χ1) is 22.4. The van der Waals surface area contributed by atoms with Crippen LogP contribution in [0.15, 0.2) is 58.1 Å². The van der Waals surface area contributed by atoms with Gasteiger partial charge in [0.15, 0.2) is 6.29 Å². The minimum atomic E-state index is -0.489. The Balaban J connectivity index is 0.00000204. The number of hydrogen-bond acceptors (Lipinski definition) is 8. The molecule has 11 heteroatoms. The standard InChI is InChI=1S/C33H40FN5O5.C2H6/c1-3-37-31-29(32(40)38(33(37)41)18-8-20-43-28-11-6-7-19-42-28)39(21-23-12-14-24(34)15-13-23)30(36-31)26-16-17-27(35-22(26)2)44-25-9-4-5-10-25;1-2/h4-5,12-17,25,28,30,36H,3,6-11,18-21H2,1-2H3;1-2H3. The summed E-state index contributed by atoms with van der Waals surface area (Å²) in [6.45, 7) is 9.78. The van der Waals surface area contributed by atoms with Crippen molar-refractivity contribution in [1.82, 2.24) is 14.1 Å². The first-order valence-corrected chi connectivity index (χ1v) is 16.6. The van der Waals surface area contributed by atoms with E-state index in [2.05, 4.69) is 17.5 Å². The molecule has 1 aliphatic carbocycles. The van der Waals surface area contributed by atoms with Crippen LogP contribution in [0.2, 0.25) is 0 Å². The molecule has 3 aliphatic rings. The maximum Gasteiger partial charge on any atom is 0.332 e. The SMILES string of the molecule is CC.CCn1c2c(c(=O)n(CCCOC3CCCCO3)c1=O)N(Cc1ccc(F)cc1)C(c1ccc(OC3CC=CC3)nc1C)N2. The highest BCUT2D eigenvalue weighted by Gasteiger charge is 2.37. The summed E-state index contributed by atoms with van der Waals surface area (Å²) in [6.07, 6.45) is 8.74. The van der Waals surface area contributed by atoms with Crippen LogP contribution in [0.3, 0.4) is 0 Å². The molecule has 2 aromatic heterocycles. The second-order valence-corrected chi connectivity index (χ2v) is 11.5. The van der Waals surface area contributed by atoms with Gasteiger partial charge in [0.2, 0.25) is 5.88 Å². The highest BCUT2D eigenvalue weighted by Crippen LogP contribution is 2.40. The number of nitrogens with zero attached hydrogens (tertiary/aromatic N) is 4. The second kappa shape index (κ2) is 15.6. The Hall–Kier alpha value is -3.96. The zero-order valence-corrected chi connectivity index (χ0v) is 27.3. The van der Waals surface area contributed by atoms with E-state index in [1.165, 1.54) is 16.7 Å². The lowest BCUT2D eigenvalue weighted by atomic mass is 10.1. The van der Waals surface area contributed by atoms with Crippen molar-refractivity contribution in [3.05, 3.63) is 92.0 Å². The van der Waals surface area contributed by atoms with E-state index in [1.807, 2.05) is 44.7 Å². The molecule has 1 fully saturated rings. The first kappa shape index (κ1) is 33.4. The molecular formula is C35H46FN5O5. The molecule has 1 saturated heterocycles. The first-order valence-electron chi connectivity index (χ1n) is 16.6. The summed E-state index contributed by atoms with van der Waals surface area (Å²) in [7, 11) is 0. The average molecular weight is 636 g/mol. The van der Waals surface area contributed by atoms with E-state index in [0.717, 1.165) is 48.9 Å². The van der Waals surface area contributed by atoms with Gasteiger partial charge in [0.1, 0.15) is 29.6 Å². The molecule has 2 atom stereocenters. The van der Waals surface area contributed by atoms with Crippen LogP contribution in [0, 0.1) is 12.7 Å². The normalized spacial score (nSPS) is 19.0. The fourth-order valence-electron chi connectivity index (χ4n) is 6.16. The Morgan fingerprint density at radius 1 is 1.04 bits per heavy atom. The molecule has 0 saturated carbocycles. The molecule has 4 heterocycles. The molecule has 1 aromatic carbocycles. The van der Waals surface area contributed by atoms with Gasteiger partial charge in [-0.05, 0) is 63.3 Å². The molecule has 0 bridgehead atoms. The van der Waals surface area contributed by atoms with Gasteiger partial charge in [-0.15, -0.1) is 0 Å². The zero-order chi connectivity index (χ0) is 32.6. The van der Waals surface area contributed by atoms with Crippen molar-refractivity contribution < 1.29 is 18.6 Å². The van der Waals surface area contributed by atoms with Crippen molar-refractivity contribution in [3.8, 4) is 5.88 Å². The molecule has 248 valence electrons. The number of rotatable bonds is 11. The maximum atomic E-state index is 14.1. The lowest BCUT2D eigenvalue weighted by Gasteiger charge is -2.28. The summed E-state index contributed by atoms with van der Waals surface area (Å²) in [5.74, 6) is 0.685.